The van der Waals surface area contributed by atoms with Gasteiger partial charge in [0.1, 0.15) is 0 Å². The fourth-order valence-corrected chi connectivity index (χ4v) is 3.33. The molecule has 1 heterocycles. The van der Waals surface area contributed by atoms with Crippen LogP contribution in [0.3, 0.4) is 0 Å². The largest absolute Gasteiger partial charge is 0.317 e. The average molecular weight is 282 g/mol. The summed E-state index contributed by atoms with van der Waals surface area (Å²) in [6.07, 6.45) is 13.7. The van der Waals surface area contributed by atoms with Crippen LogP contribution in [0.2, 0.25) is 0 Å². The molecule has 0 aliphatic carbocycles. The third-order valence-electron chi connectivity index (χ3n) is 3.87. The first-order valence-corrected chi connectivity index (χ1v) is 8.94. The van der Waals surface area contributed by atoms with Gasteiger partial charge < -0.3 is 5.32 Å². The molecule has 2 heteroatoms. The van der Waals surface area contributed by atoms with Crippen molar-refractivity contribution >= 4 is 11.3 Å². The first-order valence-electron chi connectivity index (χ1n) is 8.06. The van der Waals surface area contributed by atoms with Crippen LogP contribution in [0.25, 0.3) is 0 Å². The Bertz CT molecular complexity index is 281. The van der Waals surface area contributed by atoms with E-state index in [0.717, 1.165) is 6.04 Å². The Balaban J connectivity index is 1.99. The number of thiophene rings is 1. The Hall–Kier alpha value is -0.340. The molecule has 0 radical (unpaired) electrons. The summed E-state index contributed by atoms with van der Waals surface area (Å²) >= 11 is 1.89. The smallest absolute Gasteiger partial charge is 0.00641 e. The third-order valence-corrected chi connectivity index (χ3v) is 4.81. The second-order valence-electron chi connectivity index (χ2n) is 5.51. The van der Waals surface area contributed by atoms with E-state index in [2.05, 4.69) is 36.8 Å². The van der Waals surface area contributed by atoms with Gasteiger partial charge in [0.2, 0.25) is 0 Å². The van der Waals surface area contributed by atoms with Gasteiger partial charge in [-0.2, -0.15) is 0 Å². The van der Waals surface area contributed by atoms with Gasteiger partial charge in [-0.15, -0.1) is 11.3 Å². The zero-order chi connectivity index (χ0) is 13.8. The Morgan fingerprint density at radius 2 is 1.79 bits per heavy atom. The zero-order valence-corrected chi connectivity index (χ0v) is 13.6. The van der Waals surface area contributed by atoms with Gasteiger partial charge in [0.15, 0.2) is 0 Å². The summed E-state index contributed by atoms with van der Waals surface area (Å²) in [6.45, 7) is 2.28. The Kier molecular flexibility index (Phi) is 10.1. The highest BCUT2D eigenvalue weighted by Gasteiger charge is 2.05. The van der Waals surface area contributed by atoms with E-state index in [1.807, 2.05) is 11.3 Å². The average Bonchev–Trinajstić information content (AvgIpc) is 2.93. The Morgan fingerprint density at radius 1 is 1.05 bits per heavy atom. The van der Waals surface area contributed by atoms with Gasteiger partial charge in [0.25, 0.3) is 0 Å². The quantitative estimate of drug-likeness (QED) is 0.505. The van der Waals surface area contributed by atoms with E-state index in [1.54, 1.807) is 0 Å². The van der Waals surface area contributed by atoms with Gasteiger partial charge in [0.05, 0.1) is 0 Å². The predicted molar refractivity (Wildman–Crippen MR) is 88.1 cm³/mol. The molecule has 110 valence electrons. The molecule has 1 N–H and O–H groups in total. The molecule has 0 aliphatic rings. The second kappa shape index (κ2) is 11.5. The second-order valence-corrected chi connectivity index (χ2v) is 6.55. The van der Waals surface area contributed by atoms with E-state index >= 15 is 0 Å². The van der Waals surface area contributed by atoms with Crippen molar-refractivity contribution in [2.45, 2.75) is 77.2 Å². The molecule has 1 nitrogen and oxygen atoms in total. The maximum Gasteiger partial charge on any atom is 0.00641 e. The van der Waals surface area contributed by atoms with Crippen LogP contribution in [-0.2, 0) is 6.42 Å². The topological polar surface area (TPSA) is 12.0 Å². The van der Waals surface area contributed by atoms with E-state index in [4.69, 9.17) is 0 Å². The summed E-state index contributed by atoms with van der Waals surface area (Å²) < 4.78 is 0. The van der Waals surface area contributed by atoms with Crippen LogP contribution < -0.4 is 5.32 Å². The Morgan fingerprint density at radius 3 is 2.47 bits per heavy atom. The van der Waals surface area contributed by atoms with Crippen LogP contribution in [0, 0.1) is 0 Å². The minimum atomic E-state index is 0.728. The van der Waals surface area contributed by atoms with Crippen LogP contribution in [0.15, 0.2) is 17.5 Å². The SMILES string of the molecule is CCCCCCCCC(CCCc1cccs1)NC. The first-order chi connectivity index (χ1) is 9.36. The summed E-state index contributed by atoms with van der Waals surface area (Å²) in [7, 11) is 2.12. The molecule has 0 bridgehead atoms. The molecule has 1 rings (SSSR count). The summed E-state index contributed by atoms with van der Waals surface area (Å²) in [4.78, 5) is 1.54. The van der Waals surface area contributed by atoms with Crippen LogP contribution in [0.5, 0.6) is 0 Å². The van der Waals surface area contributed by atoms with Crippen LogP contribution in [0.4, 0.5) is 0 Å². The van der Waals surface area contributed by atoms with E-state index in [0.29, 0.717) is 0 Å². The molecular formula is C17H31NS. The number of hydrogen-bond acceptors (Lipinski definition) is 2. The van der Waals surface area contributed by atoms with Crippen LogP contribution >= 0.6 is 11.3 Å². The molecule has 1 aromatic rings. The van der Waals surface area contributed by atoms with Crippen LogP contribution in [0.1, 0.15) is 69.6 Å². The van der Waals surface area contributed by atoms with Crippen molar-refractivity contribution in [1.82, 2.24) is 5.32 Å². The molecule has 0 aromatic carbocycles. The lowest BCUT2D eigenvalue weighted by Gasteiger charge is -2.15. The molecule has 0 fully saturated rings. The lowest BCUT2D eigenvalue weighted by atomic mass is 10.0. The molecule has 0 aliphatic heterocycles. The van der Waals surface area contributed by atoms with Gasteiger partial charge >= 0.3 is 0 Å². The first kappa shape index (κ1) is 16.7. The molecule has 1 unspecified atom stereocenters. The van der Waals surface area contributed by atoms with Crippen molar-refractivity contribution in [3.63, 3.8) is 0 Å². The highest BCUT2D eigenvalue weighted by atomic mass is 32.1. The molecule has 0 saturated heterocycles. The van der Waals surface area contributed by atoms with Crippen molar-refractivity contribution in [3.05, 3.63) is 22.4 Å². The van der Waals surface area contributed by atoms with E-state index in [1.165, 1.54) is 69.1 Å². The van der Waals surface area contributed by atoms with Crippen molar-refractivity contribution in [2.24, 2.45) is 0 Å². The molecule has 1 aromatic heterocycles. The maximum absolute atomic E-state index is 3.49. The lowest BCUT2D eigenvalue weighted by molar-refractivity contribution is 0.447. The van der Waals surface area contributed by atoms with Crippen molar-refractivity contribution in [3.8, 4) is 0 Å². The number of nitrogens with one attached hydrogen (secondary N) is 1. The summed E-state index contributed by atoms with van der Waals surface area (Å²) in [5.74, 6) is 0. The van der Waals surface area contributed by atoms with Crippen LogP contribution in [-0.4, -0.2) is 13.1 Å². The van der Waals surface area contributed by atoms with Crippen molar-refractivity contribution in [2.75, 3.05) is 7.05 Å². The van der Waals surface area contributed by atoms with E-state index < -0.39 is 0 Å². The Labute approximate surface area is 123 Å². The fraction of sp³-hybridized carbons (Fsp3) is 0.765. The molecule has 0 spiro atoms. The number of rotatable bonds is 12. The number of hydrogen-bond donors (Lipinski definition) is 1. The van der Waals surface area contributed by atoms with E-state index in [-0.39, 0.29) is 0 Å². The van der Waals surface area contributed by atoms with Crippen molar-refractivity contribution in [1.29, 1.82) is 0 Å². The standard InChI is InChI=1S/C17H31NS/c1-3-4-5-6-7-8-11-16(18-2)12-9-13-17-14-10-15-19-17/h10,14-16,18H,3-9,11-13H2,1-2H3. The van der Waals surface area contributed by atoms with Gasteiger partial charge in [-0.25, -0.2) is 0 Å². The van der Waals surface area contributed by atoms with Gasteiger partial charge in [0, 0.05) is 10.9 Å². The molecule has 0 saturated carbocycles. The minimum absolute atomic E-state index is 0.728. The predicted octanol–water partition coefficient (Wildman–Crippen LogP) is 5.41. The zero-order valence-electron chi connectivity index (χ0n) is 12.8. The third kappa shape index (κ3) is 8.43. The monoisotopic (exact) mass is 281 g/mol. The van der Waals surface area contributed by atoms with Crippen molar-refractivity contribution < 1.29 is 0 Å². The van der Waals surface area contributed by atoms with Gasteiger partial charge in [-0.05, 0) is 44.2 Å². The van der Waals surface area contributed by atoms with E-state index in [9.17, 15) is 0 Å². The highest BCUT2D eigenvalue weighted by Crippen LogP contribution is 2.15. The molecular weight excluding hydrogens is 250 g/mol. The highest BCUT2D eigenvalue weighted by molar-refractivity contribution is 7.09. The lowest BCUT2D eigenvalue weighted by Crippen LogP contribution is -2.25. The summed E-state index contributed by atoms with van der Waals surface area (Å²) in [5, 5.41) is 5.67. The molecule has 0 amide bonds. The van der Waals surface area contributed by atoms with Gasteiger partial charge in [-0.1, -0.05) is 51.5 Å². The molecule has 19 heavy (non-hydrogen) atoms. The fourth-order valence-electron chi connectivity index (χ4n) is 2.58. The molecule has 1 atom stereocenters. The normalized spacial score (nSPS) is 12.7. The summed E-state index contributed by atoms with van der Waals surface area (Å²) in [6, 6.07) is 5.14. The summed E-state index contributed by atoms with van der Waals surface area (Å²) in [5.41, 5.74) is 0. The number of aryl methyl sites for hydroxylation is 1. The number of unbranched alkanes of at least 4 members (excludes halogenated alkanes) is 5. The minimum Gasteiger partial charge on any atom is -0.317 e. The van der Waals surface area contributed by atoms with Gasteiger partial charge in [-0.3, -0.25) is 0 Å². The maximum atomic E-state index is 3.49.